The third-order valence-electron chi connectivity index (χ3n) is 5.34. The smallest absolute Gasteiger partial charge is 0.223 e. The second-order valence-corrected chi connectivity index (χ2v) is 9.00. The van der Waals surface area contributed by atoms with E-state index in [0.717, 1.165) is 40.8 Å². The number of nitrogens with one attached hydrogen (secondary N) is 3. The minimum Gasteiger partial charge on any atom is -0.489 e. The molecule has 0 aliphatic heterocycles. The average molecular weight is 442 g/mol. The Kier molecular flexibility index (Phi) is 6.05. The first-order chi connectivity index (χ1) is 14.8. The van der Waals surface area contributed by atoms with E-state index in [1.54, 1.807) is 6.07 Å². The SMILES string of the molecule is CC(C)NC(=O)C1CCc2[nH]c3ncnc(Nc4cc(Cl)ccc4OC(C)C)c3c2C1. The van der Waals surface area contributed by atoms with E-state index in [9.17, 15) is 4.79 Å². The number of aromatic amines is 1. The van der Waals surface area contributed by atoms with Crippen LogP contribution < -0.4 is 15.4 Å². The van der Waals surface area contributed by atoms with Gasteiger partial charge in [-0.25, -0.2) is 9.97 Å². The summed E-state index contributed by atoms with van der Waals surface area (Å²) < 4.78 is 5.94. The Balaban J connectivity index is 1.71. The molecule has 2 aromatic heterocycles. The molecule has 0 fully saturated rings. The maximum Gasteiger partial charge on any atom is 0.223 e. The van der Waals surface area contributed by atoms with Crippen LogP contribution in [0.5, 0.6) is 5.75 Å². The minimum atomic E-state index is -0.0621. The first kappa shape index (κ1) is 21.4. The summed E-state index contributed by atoms with van der Waals surface area (Å²) in [5.41, 5.74) is 3.72. The van der Waals surface area contributed by atoms with Gasteiger partial charge in [-0.2, -0.15) is 0 Å². The molecule has 0 bridgehead atoms. The zero-order chi connectivity index (χ0) is 22.1. The van der Waals surface area contributed by atoms with Crippen molar-refractivity contribution >= 4 is 40.0 Å². The molecule has 1 aliphatic rings. The van der Waals surface area contributed by atoms with Crippen molar-refractivity contribution in [2.75, 3.05) is 5.32 Å². The molecule has 8 heteroatoms. The lowest BCUT2D eigenvalue weighted by Crippen LogP contribution is -2.37. The molecule has 0 saturated heterocycles. The quantitative estimate of drug-likeness (QED) is 0.512. The van der Waals surface area contributed by atoms with Crippen LogP contribution in [0.2, 0.25) is 5.02 Å². The van der Waals surface area contributed by atoms with Gasteiger partial charge >= 0.3 is 0 Å². The average Bonchev–Trinajstić information content (AvgIpc) is 3.08. The monoisotopic (exact) mass is 441 g/mol. The van der Waals surface area contributed by atoms with Crippen molar-refractivity contribution in [2.24, 2.45) is 5.92 Å². The second kappa shape index (κ2) is 8.75. The highest BCUT2D eigenvalue weighted by atomic mass is 35.5. The Labute approximate surface area is 187 Å². The van der Waals surface area contributed by atoms with E-state index < -0.39 is 0 Å². The lowest BCUT2D eigenvalue weighted by atomic mass is 9.86. The van der Waals surface area contributed by atoms with Crippen molar-refractivity contribution in [1.29, 1.82) is 0 Å². The minimum absolute atomic E-state index is 0.0207. The third-order valence-corrected chi connectivity index (χ3v) is 5.57. The molecule has 1 aliphatic carbocycles. The first-order valence-corrected chi connectivity index (χ1v) is 11.1. The predicted molar refractivity (Wildman–Crippen MR) is 123 cm³/mol. The van der Waals surface area contributed by atoms with E-state index in [1.807, 2.05) is 39.8 Å². The largest absolute Gasteiger partial charge is 0.489 e. The van der Waals surface area contributed by atoms with Gasteiger partial charge in [-0.1, -0.05) is 11.6 Å². The normalized spacial score (nSPS) is 15.9. The van der Waals surface area contributed by atoms with Crippen LogP contribution in [0, 0.1) is 5.92 Å². The van der Waals surface area contributed by atoms with Crippen molar-refractivity contribution < 1.29 is 9.53 Å². The number of hydrogen-bond acceptors (Lipinski definition) is 5. The van der Waals surface area contributed by atoms with Crippen molar-refractivity contribution in [2.45, 2.75) is 59.1 Å². The van der Waals surface area contributed by atoms with Gasteiger partial charge in [0.2, 0.25) is 5.91 Å². The molecule has 1 aromatic carbocycles. The second-order valence-electron chi connectivity index (χ2n) is 8.56. The van der Waals surface area contributed by atoms with Gasteiger partial charge in [0.05, 0.1) is 17.2 Å². The van der Waals surface area contributed by atoms with Crippen LogP contribution in [0.4, 0.5) is 11.5 Å². The molecule has 1 unspecified atom stereocenters. The summed E-state index contributed by atoms with van der Waals surface area (Å²) in [5, 5.41) is 7.95. The molecule has 31 heavy (non-hydrogen) atoms. The number of fused-ring (bicyclic) bond motifs is 3. The number of nitrogens with zero attached hydrogens (tertiary/aromatic N) is 2. The number of rotatable bonds is 6. The van der Waals surface area contributed by atoms with E-state index >= 15 is 0 Å². The number of hydrogen-bond donors (Lipinski definition) is 3. The van der Waals surface area contributed by atoms with E-state index in [4.69, 9.17) is 16.3 Å². The van der Waals surface area contributed by atoms with E-state index in [0.29, 0.717) is 23.0 Å². The van der Waals surface area contributed by atoms with Gasteiger partial charge in [-0.15, -0.1) is 0 Å². The number of halogens is 1. The Morgan fingerprint density at radius 3 is 2.81 bits per heavy atom. The van der Waals surface area contributed by atoms with Gasteiger partial charge in [-0.3, -0.25) is 4.79 Å². The fourth-order valence-corrected chi connectivity index (χ4v) is 4.22. The van der Waals surface area contributed by atoms with Gasteiger partial charge in [0, 0.05) is 22.7 Å². The lowest BCUT2D eigenvalue weighted by Gasteiger charge is -2.23. The molecule has 0 radical (unpaired) electrons. The van der Waals surface area contributed by atoms with Crippen molar-refractivity contribution in [3.8, 4) is 5.75 Å². The maximum absolute atomic E-state index is 12.6. The lowest BCUT2D eigenvalue weighted by molar-refractivity contribution is -0.125. The van der Waals surface area contributed by atoms with Crippen LogP contribution in [0.1, 0.15) is 45.4 Å². The van der Waals surface area contributed by atoms with Crippen molar-refractivity contribution in [1.82, 2.24) is 20.3 Å². The number of benzene rings is 1. The zero-order valence-electron chi connectivity index (χ0n) is 18.3. The molecule has 164 valence electrons. The Morgan fingerprint density at radius 1 is 1.26 bits per heavy atom. The van der Waals surface area contributed by atoms with Crippen LogP contribution in [0.25, 0.3) is 11.0 Å². The molecule has 1 atom stereocenters. The summed E-state index contributed by atoms with van der Waals surface area (Å²) in [5.74, 6) is 1.41. The molecule has 7 nitrogen and oxygen atoms in total. The molecule has 1 amide bonds. The third kappa shape index (κ3) is 4.61. The highest BCUT2D eigenvalue weighted by Crippen LogP contribution is 2.37. The Morgan fingerprint density at radius 2 is 2.06 bits per heavy atom. The number of amides is 1. The molecular weight excluding hydrogens is 414 g/mol. The number of ether oxygens (including phenoxy) is 1. The van der Waals surface area contributed by atoms with E-state index in [-0.39, 0.29) is 24.0 Å². The summed E-state index contributed by atoms with van der Waals surface area (Å²) in [6.45, 7) is 7.92. The zero-order valence-corrected chi connectivity index (χ0v) is 19.0. The van der Waals surface area contributed by atoms with Crippen LogP contribution in [0.3, 0.4) is 0 Å². The molecule has 3 aromatic rings. The number of aryl methyl sites for hydroxylation is 1. The van der Waals surface area contributed by atoms with E-state index in [1.165, 1.54) is 6.33 Å². The van der Waals surface area contributed by atoms with Gasteiger partial charge in [-0.05, 0) is 70.7 Å². The van der Waals surface area contributed by atoms with Crippen LogP contribution in [-0.4, -0.2) is 33.0 Å². The topological polar surface area (TPSA) is 91.9 Å². The van der Waals surface area contributed by atoms with Gasteiger partial charge in [0.25, 0.3) is 0 Å². The molecular formula is C23H28ClN5O2. The summed E-state index contributed by atoms with van der Waals surface area (Å²) in [6, 6.07) is 5.60. The molecule has 2 heterocycles. The summed E-state index contributed by atoms with van der Waals surface area (Å²) in [7, 11) is 0. The predicted octanol–water partition coefficient (Wildman–Crippen LogP) is 4.77. The van der Waals surface area contributed by atoms with Crippen molar-refractivity contribution in [3.63, 3.8) is 0 Å². The molecule has 0 saturated carbocycles. The number of carbonyl (C=O) groups is 1. The number of carbonyl (C=O) groups excluding carboxylic acids is 1. The summed E-state index contributed by atoms with van der Waals surface area (Å²) in [4.78, 5) is 25.0. The summed E-state index contributed by atoms with van der Waals surface area (Å²) >= 11 is 6.25. The highest BCUT2D eigenvalue weighted by Gasteiger charge is 2.29. The van der Waals surface area contributed by atoms with E-state index in [2.05, 4.69) is 25.6 Å². The number of aromatic nitrogens is 3. The highest BCUT2D eigenvalue weighted by molar-refractivity contribution is 6.31. The maximum atomic E-state index is 12.6. The van der Waals surface area contributed by atoms with Crippen LogP contribution in [0.15, 0.2) is 24.5 Å². The summed E-state index contributed by atoms with van der Waals surface area (Å²) in [6.07, 6.45) is 3.83. The van der Waals surface area contributed by atoms with Gasteiger partial charge in [0.15, 0.2) is 0 Å². The molecule has 0 spiro atoms. The fourth-order valence-electron chi connectivity index (χ4n) is 4.05. The molecule has 3 N–H and O–H groups in total. The number of anilines is 2. The van der Waals surface area contributed by atoms with Gasteiger partial charge in [0.1, 0.15) is 23.5 Å². The van der Waals surface area contributed by atoms with Crippen molar-refractivity contribution in [3.05, 3.63) is 40.8 Å². The first-order valence-electron chi connectivity index (χ1n) is 10.7. The van der Waals surface area contributed by atoms with Crippen LogP contribution in [-0.2, 0) is 17.6 Å². The standard InChI is InChI=1S/C23H28ClN5O2/c1-12(2)27-23(30)14-5-7-17-16(9-14)20-21(28-17)25-11-26-22(20)29-18-10-15(24)6-8-19(18)31-13(3)4/h6,8,10-14H,5,7,9H2,1-4H3,(H,27,30)(H2,25,26,28,29). The fraction of sp³-hybridized carbons (Fsp3) is 0.435. The van der Waals surface area contributed by atoms with Crippen LogP contribution >= 0.6 is 11.6 Å². The Bertz CT molecular complexity index is 1110. The number of H-pyrrole nitrogens is 1. The van der Waals surface area contributed by atoms with Gasteiger partial charge < -0.3 is 20.4 Å². The molecule has 4 rings (SSSR count). The Hall–Kier alpha value is -2.80.